The lowest BCUT2D eigenvalue weighted by Crippen LogP contribution is -2.43. The zero-order valence-electron chi connectivity index (χ0n) is 18.2. The lowest BCUT2D eigenvalue weighted by Gasteiger charge is -2.30. The lowest BCUT2D eigenvalue weighted by atomic mass is 9.97. The zero-order valence-corrected chi connectivity index (χ0v) is 20.6. The van der Waals surface area contributed by atoms with Gasteiger partial charge in [0.05, 0.1) is 12.3 Å². The summed E-state index contributed by atoms with van der Waals surface area (Å²) >= 11 is 3.38. The topological polar surface area (TPSA) is 75.7 Å². The first-order valence-electron chi connectivity index (χ1n) is 11.0. The molecule has 6 nitrogen and oxygen atoms in total. The Morgan fingerprint density at radius 1 is 1.00 bits per heavy atom. The number of carbonyl (C=O) groups is 1. The molecule has 1 aliphatic rings. The van der Waals surface area contributed by atoms with Crippen molar-refractivity contribution >= 4 is 42.6 Å². The Hall–Kier alpha value is -2.42. The molecule has 3 aromatic carbocycles. The summed E-state index contributed by atoms with van der Waals surface area (Å²) in [6.07, 6.45) is 1.05. The number of hydrogen-bond acceptors (Lipinski definition) is 4. The van der Waals surface area contributed by atoms with Gasteiger partial charge in [-0.25, -0.2) is 12.7 Å². The van der Waals surface area contributed by atoms with E-state index in [0.29, 0.717) is 39.1 Å². The molecule has 0 aliphatic carbocycles. The van der Waals surface area contributed by atoms with Crippen LogP contribution in [-0.2, 0) is 20.6 Å². The Bertz CT molecular complexity index is 1220. The van der Waals surface area contributed by atoms with Gasteiger partial charge in [0.1, 0.15) is 12.4 Å². The van der Waals surface area contributed by atoms with Crippen molar-refractivity contribution < 1.29 is 17.9 Å². The van der Waals surface area contributed by atoms with Crippen molar-refractivity contribution in [2.45, 2.75) is 18.6 Å². The molecule has 33 heavy (non-hydrogen) atoms. The molecule has 1 aliphatic heterocycles. The molecule has 0 unspecified atom stereocenters. The SMILES string of the molecule is O=C(NCCOc1ccc2ccccc2c1)C1CCN(S(=O)(=O)Cc2cccc(Br)c2)CC1. The van der Waals surface area contributed by atoms with Gasteiger partial charge in [0.15, 0.2) is 0 Å². The van der Waals surface area contributed by atoms with Crippen LogP contribution in [0.1, 0.15) is 18.4 Å². The highest BCUT2D eigenvalue weighted by molar-refractivity contribution is 9.10. The maximum atomic E-state index is 12.8. The fourth-order valence-corrected chi connectivity index (χ4v) is 6.07. The summed E-state index contributed by atoms with van der Waals surface area (Å²) in [7, 11) is -3.41. The lowest BCUT2D eigenvalue weighted by molar-refractivity contribution is -0.126. The molecule has 3 aromatic rings. The second-order valence-electron chi connectivity index (χ2n) is 8.21. The maximum Gasteiger partial charge on any atom is 0.223 e. The summed E-state index contributed by atoms with van der Waals surface area (Å²) in [4.78, 5) is 12.5. The van der Waals surface area contributed by atoms with Crippen LogP contribution in [0.4, 0.5) is 0 Å². The smallest absolute Gasteiger partial charge is 0.223 e. The van der Waals surface area contributed by atoms with Gasteiger partial charge in [-0.2, -0.15) is 0 Å². The molecule has 0 aromatic heterocycles. The quantitative estimate of drug-likeness (QED) is 0.439. The van der Waals surface area contributed by atoms with Gasteiger partial charge in [0, 0.05) is 23.5 Å². The molecular weight excluding hydrogens is 504 g/mol. The number of fused-ring (bicyclic) bond motifs is 1. The molecule has 1 N–H and O–H groups in total. The second-order valence-corrected chi connectivity index (χ2v) is 11.1. The molecule has 174 valence electrons. The van der Waals surface area contributed by atoms with Crippen LogP contribution in [0.15, 0.2) is 71.2 Å². The predicted molar refractivity (Wildman–Crippen MR) is 134 cm³/mol. The highest BCUT2D eigenvalue weighted by atomic mass is 79.9. The van der Waals surface area contributed by atoms with Crippen molar-refractivity contribution in [1.82, 2.24) is 9.62 Å². The van der Waals surface area contributed by atoms with Gasteiger partial charge < -0.3 is 10.1 Å². The molecule has 1 amide bonds. The normalized spacial score (nSPS) is 15.4. The average molecular weight is 531 g/mol. The number of nitrogens with one attached hydrogen (secondary N) is 1. The van der Waals surface area contributed by atoms with E-state index in [-0.39, 0.29) is 17.6 Å². The van der Waals surface area contributed by atoms with Crippen LogP contribution in [0.2, 0.25) is 0 Å². The highest BCUT2D eigenvalue weighted by Gasteiger charge is 2.31. The van der Waals surface area contributed by atoms with Crippen molar-refractivity contribution in [3.8, 4) is 5.75 Å². The third-order valence-electron chi connectivity index (χ3n) is 5.85. The summed E-state index contributed by atoms with van der Waals surface area (Å²) in [6.45, 7) is 1.51. The Balaban J connectivity index is 1.20. The number of ether oxygens (including phenoxy) is 1. The van der Waals surface area contributed by atoms with Crippen LogP contribution in [0.25, 0.3) is 10.8 Å². The van der Waals surface area contributed by atoms with E-state index in [9.17, 15) is 13.2 Å². The number of benzene rings is 3. The van der Waals surface area contributed by atoms with Crippen molar-refractivity contribution in [3.63, 3.8) is 0 Å². The minimum Gasteiger partial charge on any atom is -0.492 e. The number of carbonyl (C=O) groups excluding carboxylic acids is 1. The highest BCUT2D eigenvalue weighted by Crippen LogP contribution is 2.23. The van der Waals surface area contributed by atoms with Gasteiger partial charge in [-0.15, -0.1) is 0 Å². The summed E-state index contributed by atoms with van der Waals surface area (Å²) in [5.74, 6) is 0.520. The van der Waals surface area contributed by atoms with E-state index in [1.807, 2.05) is 60.7 Å². The van der Waals surface area contributed by atoms with Crippen molar-refractivity contribution in [2.24, 2.45) is 5.92 Å². The number of rotatable bonds is 8. The largest absolute Gasteiger partial charge is 0.492 e. The fraction of sp³-hybridized carbons (Fsp3) is 0.320. The molecule has 0 saturated carbocycles. The van der Waals surface area contributed by atoms with Crippen molar-refractivity contribution in [2.75, 3.05) is 26.2 Å². The first kappa shape index (κ1) is 23.7. The predicted octanol–water partition coefficient (Wildman–Crippen LogP) is 4.34. The second kappa shape index (κ2) is 10.7. The van der Waals surface area contributed by atoms with Crippen molar-refractivity contribution in [1.29, 1.82) is 0 Å². The molecule has 1 saturated heterocycles. The number of amides is 1. The van der Waals surface area contributed by atoms with Gasteiger partial charge in [0.25, 0.3) is 0 Å². The van der Waals surface area contributed by atoms with Crippen LogP contribution < -0.4 is 10.1 Å². The van der Waals surface area contributed by atoms with E-state index < -0.39 is 10.0 Å². The monoisotopic (exact) mass is 530 g/mol. The molecule has 8 heteroatoms. The first-order chi connectivity index (χ1) is 15.9. The van der Waals surface area contributed by atoms with Gasteiger partial charge in [0.2, 0.25) is 15.9 Å². The summed E-state index contributed by atoms with van der Waals surface area (Å²) in [6, 6.07) is 21.3. The Morgan fingerprint density at radius 3 is 2.52 bits per heavy atom. The van der Waals surface area contributed by atoms with Gasteiger partial charge in [-0.05, 0) is 53.4 Å². The van der Waals surface area contributed by atoms with E-state index in [0.717, 1.165) is 26.6 Å². The number of piperidine rings is 1. The standard InChI is InChI=1S/C25H27BrN2O4S/c26-23-7-3-4-19(16-23)18-33(30,31)28-13-10-21(11-14-28)25(29)27-12-15-32-24-9-8-20-5-1-2-6-22(20)17-24/h1-9,16-17,21H,10-15,18H2,(H,27,29). The molecule has 0 radical (unpaired) electrons. The summed E-state index contributed by atoms with van der Waals surface area (Å²) in [5.41, 5.74) is 0.746. The van der Waals surface area contributed by atoms with Crippen LogP contribution >= 0.6 is 15.9 Å². The maximum absolute atomic E-state index is 12.8. The van der Waals surface area contributed by atoms with Crippen LogP contribution in [0, 0.1) is 5.92 Å². The number of sulfonamides is 1. The summed E-state index contributed by atoms with van der Waals surface area (Å²) in [5, 5.41) is 5.19. The molecule has 0 bridgehead atoms. The number of hydrogen-bond donors (Lipinski definition) is 1. The number of halogens is 1. The van der Waals surface area contributed by atoms with Gasteiger partial charge in [-0.1, -0.05) is 58.4 Å². The van der Waals surface area contributed by atoms with Crippen LogP contribution in [0.3, 0.4) is 0 Å². The van der Waals surface area contributed by atoms with E-state index in [1.165, 1.54) is 4.31 Å². The Kier molecular flexibility index (Phi) is 7.67. The molecule has 1 fully saturated rings. The van der Waals surface area contributed by atoms with Gasteiger partial charge >= 0.3 is 0 Å². The molecule has 1 heterocycles. The van der Waals surface area contributed by atoms with Gasteiger partial charge in [-0.3, -0.25) is 4.79 Å². The van der Waals surface area contributed by atoms with Crippen LogP contribution in [0.5, 0.6) is 5.75 Å². The first-order valence-corrected chi connectivity index (χ1v) is 13.4. The Morgan fingerprint density at radius 2 is 1.76 bits per heavy atom. The fourth-order valence-electron chi connectivity index (χ4n) is 4.07. The molecule has 0 spiro atoms. The molecular formula is C25H27BrN2O4S. The molecule has 0 atom stereocenters. The third-order valence-corrected chi connectivity index (χ3v) is 8.19. The summed E-state index contributed by atoms with van der Waals surface area (Å²) < 4.78 is 33.7. The minimum absolute atomic E-state index is 0.0323. The number of nitrogens with zero attached hydrogens (tertiary/aromatic N) is 1. The Labute approximate surface area is 203 Å². The average Bonchev–Trinajstić information content (AvgIpc) is 2.81. The van der Waals surface area contributed by atoms with E-state index in [4.69, 9.17) is 4.74 Å². The zero-order chi connectivity index (χ0) is 23.3. The third kappa shape index (κ3) is 6.34. The van der Waals surface area contributed by atoms with Crippen molar-refractivity contribution in [3.05, 3.63) is 76.8 Å². The van der Waals surface area contributed by atoms with E-state index in [2.05, 4.69) is 27.3 Å². The van der Waals surface area contributed by atoms with E-state index >= 15 is 0 Å². The minimum atomic E-state index is -3.41. The van der Waals surface area contributed by atoms with Crippen LogP contribution in [-0.4, -0.2) is 44.9 Å². The molecule has 4 rings (SSSR count). The van der Waals surface area contributed by atoms with E-state index in [1.54, 1.807) is 0 Å².